The van der Waals surface area contributed by atoms with Crippen LogP contribution in [-0.4, -0.2) is 80.7 Å². The second-order valence-corrected chi connectivity index (χ2v) is 14.2. The van der Waals surface area contributed by atoms with E-state index in [0.717, 1.165) is 11.1 Å². The third-order valence-corrected chi connectivity index (χ3v) is 8.92. The molecule has 47 heavy (non-hydrogen) atoms. The number of fused-ring (bicyclic) bond motifs is 1. The summed E-state index contributed by atoms with van der Waals surface area (Å²) in [5, 5.41) is 11.2. The van der Waals surface area contributed by atoms with E-state index in [1.807, 2.05) is 6.07 Å². The third-order valence-electron chi connectivity index (χ3n) is 7.73. The number of thioether (sulfide) groups is 1. The van der Waals surface area contributed by atoms with Crippen LogP contribution in [0.1, 0.15) is 57.7 Å². The highest BCUT2D eigenvalue weighted by atomic mass is 32.2. The zero-order valence-electron chi connectivity index (χ0n) is 27.0. The van der Waals surface area contributed by atoms with Crippen molar-refractivity contribution in [3.05, 3.63) is 64.5 Å². The van der Waals surface area contributed by atoms with Crippen molar-refractivity contribution in [2.45, 2.75) is 83.5 Å². The number of carboxylic acid groups (broad SMARTS) is 1. The molecule has 2 aliphatic heterocycles. The summed E-state index contributed by atoms with van der Waals surface area (Å²) in [5.41, 5.74) is 0.706. The second kappa shape index (κ2) is 14.9. The smallest absolute Gasteiger partial charge is 0.407 e. The number of ether oxygens (including phenoxy) is 2. The summed E-state index contributed by atoms with van der Waals surface area (Å²) in [7, 11) is 0. The van der Waals surface area contributed by atoms with E-state index < -0.39 is 58.5 Å². The van der Waals surface area contributed by atoms with Crippen LogP contribution in [0.15, 0.2) is 30.3 Å². The van der Waals surface area contributed by atoms with Gasteiger partial charge in [-0.25, -0.2) is 22.8 Å². The quantitative estimate of drug-likeness (QED) is 0.340. The van der Waals surface area contributed by atoms with Crippen molar-refractivity contribution in [3.63, 3.8) is 0 Å². The van der Waals surface area contributed by atoms with Crippen LogP contribution in [0.4, 0.5) is 18.0 Å². The van der Waals surface area contributed by atoms with Crippen LogP contribution in [0.5, 0.6) is 5.75 Å². The van der Waals surface area contributed by atoms with Gasteiger partial charge in [0.25, 0.3) is 5.91 Å². The predicted octanol–water partition coefficient (Wildman–Crippen LogP) is 4.90. The van der Waals surface area contributed by atoms with Crippen LogP contribution in [0.25, 0.3) is 0 Å². The Kier molecular flexibility index (Phi) is 11.4. The Morgan fingerprint density at radius 2 is 1.72 bits per heavy atom. The van der Waals surface area contributed by atoms with E-state index >= 15 is 0 Å². The van der Waals surface area contributed by atoms with E-state index in [4.69, 9.17) is 9.47 Å². The van der Waals surface area contributed by atoms with E-state index in [2.05, 4.69) is 5.32 Å². The standard InChI is InChI=1S/C33H40F3N3O7S/c1-18(2)28(31(42)43)45-23-7-6-19-8-9-38(17-21(19)13-23)29(41)30-39(10-11-47-30)27(40)15-22(37-32(44)46-33(3,4)5)12-20-14-25(35)26(36)16-24(20)34/h6-7,13-14,16,18,22,28,30H,8-12,15,17H2,1-5H3,(H,37,44)(H,42,43). The van der Waals surface area contributed by atoms with Gasteiger partial charge in [-0.05, 0) is 68.5 Å². The lowest BCUT2D eigenvalue weighted by molar-refractivity contribution is -0.147. The Balaban J connectivity index is 1.48. The van der Waals surface area contributed by atoms with Gasteiger partial charge >= 0.3 is 12.1 Å². The highest BCUT2D eigenvalue weighted by molar-refractivity contribution is 8.00. The Labute approximate surface area is 275 Å². The van der Waals surface area contributed by atoms with Gasteiger partial charge in [-0.2, -0.15) is 0 Å². The summed E-state index contributed by atoms with van der Waals surface area (Å²) in [4.78, 5) is 54.7. The van der Waals surface area contributed by atoms with Crippen molar-refractivity contribution in [2.24, 2.45) is 5.92 Å². The number of nitrogens with zero attached hydrogens (tertiary/aromatic N) is 2. The molecule has 4 rings (SSSR count). The van der Waals surface area contributed by atoms with Gasteiger partial charge in [0.1, 0.15) is 17.2 Å². The van der Waals surface area contributed by atoms with Crippen molar-refractivity contribution in [1.29, 1.82) is 0 Å². The van der Waals surface area contributed by atoms with Crippen LogP contribution >= 0.6 is 11.8 Å². The first-order valence-corrected chi connectivity index (χ1v) is 16.4. The van der Waals surface area contributed by atoms with Crippen LogP contribution in [0.3, 0.4) is 0 Å². The Bertz CT molecular complexity index is 1520. The Morgan fingerprint density at radius 3 is 2.38 bits per heavy atom. The molecule has 10 nitrogen and oxygen atoms in total. The maximum Gasteiger partial charge on any atom is 0.407 e. The molecule has 3 atom stereocenters. The number of nitrogens with one attached hydrogen (secondary N) is 1. The van der Waals surface area contributed by atoms with E-state index in [9.17, 15) is 37.5 Å². The number of hydrogen-bond acceptors (Lipinski definition) is 7. The molecule has 0 radical (unpaired) electrons. The van der Waals surface area contributed by atoms with Gasteiger partial charge in [-0.1, -0.05) is 19.9 Å². The molecule has 2 aromatic rings. The van der Waals surface area contributed by atoms with Crippen LogP contribution in [0, 0.1) is 23.4 Å². The lowest BCUT2D eigenvalue weighted by atomic mass is 9.99. The first kappa shape index (κ1) is 35.9. The fourth-order valence-electron chi connectivity index (χ4n) is 5.46. The summed E-state index contributed by atoms with van der Waals surface area (Å²) >= 11 is 1.30. The molecule has 2 aliphatic rings. The van der Waals surface area contributed by atoms with Gasteiger partial charge in [0.05, 0.1) is 0 Å². The molecule has 2 heterocycles. The zero-order valence-corrected chi connectivity index (χ0v) is 27.8. The molecule has 2 aromatic carbocycles. The predicted molar refractivity (Wildman–Crippen MR) is 168 cm³/mol. The Hall–Kier alpha value is -3.94. The number of halogens is 3. The summed E-state index contributed by atoms with van der Waals surface area (Å²) in [6.45, 7) is 9.34. The minimum absolute atomic E-state index is 0.236. The highest BCUT2D eigenvalue weighted by Gasteiger charge is 2.39. The van der Waals surface area contributed by atoms with Crippen LogP contribution in [-0.2, 0) is 38.5 Å². The third kappa shape index (κ3) is 9.33. The molecule has 1 saturated heterocycles. The van der Waals surface area contributed by atoms with Gasteiger partial charge in [0, 0.05) is 49.8 Å². The van der Waals surface area contributed by atoms with Gasteiger partial charge < -0.3 is 29.7 Å². The number of rotatable bonds is 10. The maximum absolute atomic E-state index is 14.5. The fourth-order valence-corrected chi connectivity index (χ4v) is 6.68. The first-order chi connectivity index (χ1) is 22.0. The number of aliphatic carboxylic acids is 1. The summed E-state index contributed by atoms with van der Waals surface area (Å²) < 4.78 is 53.1. The molecule has 0 aliphatic carbocycles. The first-order valence-electron chi connectivity index (χ1n) is 15.4. The zero-order chi connectivity index (χ0) is 34.6. The number of carbonyl (C=O) groups excluding carboxylic acids is 3. The molecule has 0 saturated carbocycles. The summed E-state index contributed by atoms with van der Waals surface area (Å²) in [6.07, 6.45) is -2.04. The van der Waals surface area contributed by atoms with Gasteiger partial charge in [-0.3, -0.25) is 9.59 Å². The molecule has 0 bridgehead atoms. The number of carbonyl (C=O) groups is 4. The van der Waals surface area contributed by atoms with Gasteiger partial charge in [0.2, 0.25) is 5.91 Å². The normalized spacial score (nSPS) is 17.6. The van der Waals surface area contributed by atoms with Crippen molar-refractivity contribution < 1.29 is 46.9 Å². The molecule has 14 heteroatoms. The number of amides is 3. The lowest BCUT2D eigenvalue weighted by Crippen LogP contribution is -2.50. The summed E-state index contributed by atoms with van der Waals surface area (Å²) in [6, 6.07) is 5.35. The minimum atomic E-state index is -1.36. The Morgan fingerprint density at radius 1 is 1.02 bits per heavy atom. The topological polar surface area (TPSA) is 125 Å². The molecule has 3 unspecified atom stereocenters. The molecule has 256 valence electrons. The molecule has 0 aromatic heterocycles. The van der Waals surface area contributed by atoms with E-state index in [1.54, 1.807) is 51.7 Å². The largest absolute Gasteiger partial charge is 0.478 e. The highest BCUT2D eigenvalue weighted by Crippen LogP contribution is 2.31. The molecule has 0 spiro atoms. The SMILES string of the molecule is CC(C)C(Oc1ccc2c(c1)CN(C(=O)C1SCCN1C(=O)CC(Cc1cc(F)c(F)cc1F)NC(=O)OC(C)(C)C)CC2)C(=O)O. The fraction of sp³-hybridized carbons (Fsp3) is 0.515. The van der Waals surface area contributed by atoms with Gasteiger partial charge in [-0.15, -0.1) is 11.8 Å². The van der Waals surface area contributed by atoms with Crippen molar-refractivity contribution in [2.75, 3.05) is 18.8 Å². The number of hydrogen-bond donors (Lipinski definition) is 2. The minimum Gasteiger partial charge on any atom is -0.478 e. The average molecular weight is 680 g/mol. The average Bonchev–Trinajstić information content (AvgIpc) is 3.47. The van der Waals surface area contributed by atoms with Gasteiger partial charge in [0.15, 0.2) is 23.1 Å². The molecular weight excluding hydrogens is 639 g/mol. The molecule has 2 N–H and O–H groups in total. The van der Waals surface area contributed by atoms with E-state index in [0.29, 0.717) is 36.6 Å². The van der Waals surface area contributed by atoms with Crippen LogP contribution < -0.4 is 10.1 Å². The number of carboxylic acids is 1. The van der Waals surface area contributed by atoms with Crippen molar-refractivity contribution >= 4 is 35.6 Å². The number of alkyl carbamates (subject to hydrolysis) is 1. The van der Waals surface area contributed by atoms with Crippen molar-refractivity contribution in [3.8, 4) is 5.75 Å². The second-order valence-electron chi connectivity index (χ2n) is 13.0. The lowest BCUT2D eigenvalue weighted by Gasteiger charge is -2.34. The van der Waals surface area contributed by atoms with Crippen molar-refractivity contribution in [1.82, 2.24) is 15.1 Å². The van der Waals surface area contributed by atoms with E-state index in [1.165, 1.54) is 16.7 Å². The molecule has 3 amide bonds. The maximum atomic E-state index is 14.5. The van der Waals surface area contributed by atoms with E-state index in [-0.39, 0.29) is 43.3 Å². The molecular formula is C33H40F3N3O7S. The monoisotopic (exact) mass is 679 g/mol. The van der Waals surface area contributed by atoms with Crippen LogP contribution in [0.2, 0.25) is 0 Å². The summed E-state index contributed by atoms with van der Waals surface area (Å²) in [5.74, 6) is -4.91. The number of benzene rings is 2. The molecule has 1 fully saturated rings.